The normalized spacial score (nSPS) is 32.5. The van der Waals surface area contributed by atoms with Gasteiger partial charge >= 0.3 is 5.97 Å². The monoisotopic (exact) mass is 714 g/mol. The Balaban J connectivity index is 1.69. The molecule has 4 rings (SSSR count). The summed E-state index contributed by atoms with van der Waals surface area (Å²) in [4.78, 5) is 13.6. The van der Waals surface area contributed by atoms with Crippen molar-refractivity contribution < 1.29 is 37.6 Å². The molecule has 4 aliphatic heterocycles. The van der Waals surface area contributed by atoms with E-state index < -0.39 is 20.5 Å². The van der Waals surface area contributed by atoms with Crippen molar-refractivity contribution in [2.75, 3.05) is 20.5 Å². The van der Waals surface area contributed by atoms with Gasteiger partial charge in [0.1, 0.15) is 25.1 Å². The summed E-state index contributed by atoms with van der Waals surface area (Å²) in [5, 5.41) is 0. The van der Waals surface area contributed by atoms with Crippen LogP contribution in [0.1, 0.15) is 100 Å². The highest BCUT2D eigenvalue weighted by atomic mass is 28.4. The molecular weight excluding hydrogens is 649 g/mol. The van der Waals surface area contributed by atoms with Crippen molar-refractivity contribution in [3.05, 3.63) is 60.3 Å². The molecule has 0 radical (unpaired) electrons. The third-order valence-electron chi connectivity index (χ3n) is 10.8. The minimum atomic E-state index is -2.40. The molecule has 2 bridgehead atoms. The predicted octanol–water partition coefficient (Wildman–Crippen LogP) is 8.93. The summed E-state index contributed by atoms with van der Waals surface area (Å²) in [5.74, 6) is 0.0243. The average molecular weight is 715 g/mol. The first-order chi connectivity index (χ1) is 23.8. The second kappa shape index (κ2) is 19.3. The predicted molar refractivity (Wildman–Crippen MR) is 201 cm³/mol. The fourth-order valence-corrected chi connectivity index (χ4v) is 14.0. The molecule has 0 aromatic carbocycles. The molecule has 9 atom stereocenters. The van der Waals surface area contributed by atoms with Crippen LogP contribution in [0.15, 0.2) is 60.3 Å². The molecule has 1 unspecified atom stereocenters. The Morgan fingerprint density at radius 1 is 1.00 bits per heavy atom. The van der Waals surface area contributed by atoms with Crippen LogP contribution >= 0.6 is 0 Å². The number of carbonyl (C=O) groups excluding carboxylic acids is 1. The molecular formula is C41H66O8Si. The van der Waals surface area contributed by atoms with E-state index in [1.165, 1.54) is 5.57 Å². The van der Waals surface area contributed by atoms with Crippen molar-refractivity contribution in [2.45, 2.75) is 166 Å². The van der Waals surface area contributed by atoms with Crippen molar-refractivity contribution in [1.82, 2.24) is 0 Å². The molecule has 0 N–H and O–H groups in total. The summed E-state index contributed by atoms with van der Waals surface area (Å²) in [6, 6.07) is 0. The van der Waals surface area contributed by atoms with Gasteiger partial charge in [0.15, 0.2) is 0 Å². The fraction of sp³-hybridized carbons (Fsp3) is 0.732. The fourth-order valence-electron chi connectivity index (χ4n) is 8.49. The molecule has 8 nitrogen and oxygen atoms in total. The zero-order valence-electron chi connectivity index (χ0n) is 32.3. The maximum absolute atomic E-state index is 13.6. The number of methoxy groups -OCH3 is 1. The van der Waals surface area contributed by atoms with Gasteiger partial charge in [0, 0.05) is 19.6 Å². The minimum absolute atomic E-state index is 0.0633. The van der Waals surface area contributed by atoms with E-state index in [9.17, 15) is 4.79 Å². The average Bonchev–Trinajstić information content (AvgIpc) is 3.81. The zero-order valence-corrected chi connectivity index (χ0v) is 33.3. The largest absolute Gasteiger partial charge is 0.456 e. The molecule has 0 saturated carbocycles. The van der Waals surface area contributed by atoms with Crippen molar-refractivity contribution in [3.63, 3.8) is 0 Å². The van der Waals surface area contributed by atoms with E-state index in [-0.39, 0.29) is 49.4 Å². The number of hydrogen-bond donors (Lipinski definition) is 0. The van der Waals surface area contributed by atoms with Crippen molar-refractivity contribution in [1.29, 1.82) is 0 Å². The van der Waals surface area contributed by atoms with Crippen LogP contribution in [0.5, 0.6) is 0 Å². The van der Waals surface area contributed by atoms with Gasteiger partial charge in [-0.15, -0.1) is 0 Å². The lowest BCUT2D eigenvalue weighted by Crippen LogP contribution is -2.52. The van der Waals surface area contributed by atoms with Crippen LogP contribution in [-0.2, 0) is 37.6 Å². The molecule has 0 aromatic rings. The molecule has 0 aromatic heterocycles. The van der Waals surface area contributed by atoms with Crippen LogP contribution in [0.4, 0.5) is 0 Å². The van der Waals surface area contributed by atoms with E-state index in [2.05, 4.69) is 92.3 Å². The molecule has 50 heavy (non-hydrogen) atoms. The molecule has 0 amide bonds. The van der Waals surface area contributed by atoms with Gasteiger partial charge in [0.25, 0.3) is 0 Å². The van der Waals surface area contributed by atoms with Crippen molar-refractivity contribution in [3.8, 4) is 0 Å². The number of carbonyl (C=O) groups is 1. The number of fused-ring (bicyclic) bond motifs is 3. The quantitative estimate of drug-likeness (QED) is 0.0690. The highest BCUT2D eigenvalue weighted by molar-refractivity contribution is 6.77. The molecule has 4 heterocycles. The van der Waals surface area contributed by atoms with Crippen LogP contribution in [0, 0.1) is 5.92 Å². The highest BCUT2D eigenvalue weighted by Crippen LogP contribution is 2.45. The van der Waals surface area contributed by atoms with E-state index in [4.69, 9.17) is 32.8 Å². The van der Waals surface area contributed by atoms with E-state index >= 15 is 0 Å². The van der Waals surface area contributed by atoms with Gasteiger partial charge in [0.05, 0.1) is 37.1 Å². The van der Waals surface area contributed by atoms with Crippen LogP contribution < -0.4 is 0 Å². The highest BCUT2D eigenvalue weighted by Gasteiger charge is 2.51. The van der Waals surface area contributed by atoms with Gasteiger partial charge in [-0.3, -0.25) is 0 Å². The van der Waals surface area contributed by atoms with Gasteiger partial charge in [-0.05, 0) is 68.0 Å². The van der Waals surface area contributed by atoms with Crippen LogP contribution in [-0.4, -0.2) is 83.6 Å². The van der Waals surface area contributed by atoms with E-state index in [0.717, 1.165) is 31.3 Å². The lowest BCUT2D eigenvalue weighted by atomic mass is 9.90. The third-order valence-corrected chi connectivity index (χ3v) is 16.9. The van der Waals surface area contributed by atoms with E-state index in [0.29, 0.717) is 48.4 Å². The Morgan fingerprint density at radius 3 is 2.42 bits per heavy atom. The minimum Gasteiger partial charge on any atom is -0.456 e. The van der Waals surface area contributed by atoms with Gasteiger partial charge < -0.3 is 32.8 Å². The Kier molecular flexibility index (Phi) is 15.8. The number of epoxide rings is 1. The van der Waals surface area contributed by atoms with Gasteiger partial charge in [-0.25, -0.2) is 4.79 Å². The second-order valence-corrected chi connectivity index (χ2v) is 21.4. The Morgan fingerprint density at radius 2 is 1.74 bits per heavy atom. The van der Waals surface area contributed by atoms with Crippen molar-refractivity contribution >= 4 is 14.3 Å². The van der Waals surface area contributed by atoms with E-state index in [1.807, 2.05) is 6.08 Å². The van der Waals surface area contributed by atoms with E-state index in [1.54, 1.807) is 13.2 Å². The Bertz CT molecular complexity index is 1200. The topological polar surface area (TPSA) is 85.0 Å². The molecule has 0 aliphatic carbocycles. The van der Waals surface area contributed by atoms with Crippen LogP contribution in [0.25, 0.3) is 0 Å². The summed E-state index contributed by atoms with van der Waals surface area (Å²) in [6.07, 6.45) is 17.8. The first-order valence-corrected chi connectivity index (χ1v) is 21.2. The standard InChI is InChI=1S/C41H66O8Si/c1-27(2)50(28(3)4,29(5)6)49-36(18-17-34-22-30(7)19-20-44-34)37-25-39-41(48-39)38(45-26-43-10)24-32(9)21-31(8)23-35-15-11-13-33(46-35)14-12-16-40(42)47-37/h11-13,16-19,27-29,31,33-39,41H,9,14-15,20-26H2,1-8,10H3/t31-,33-,34+,35-,36-,37-,38?,39-,41-/m0/s1. The molecule has 282 valence electrons. The number of ether oxygens (including phenoxy) is 6. The number of cyclic esters (lactones) is 1. The first kappa shape index (κ1) is 40.9. The smallest absolute Gasteiger partial charge is 0.330 e. The summed E-state index contributed by atoms with van der Waals surface area (Å²) in [6.45, 7) is 23.3. The van der Waals surface area contributed by atoms with Gasteiger partial charge in [-0.1, -0.05) is 103 Å². The molecule has 0 spiro atoms. The third kappa shape index (κ3) is 11.6. The van der Waals surface area contributed by atoms with Gasteiger partial charge in [-0.2, -0.15) is 0 Å². The van der Waals surface area contributed by atoms with Crippen molar-refractivity contribution in [2.24, 2.45) is 5.92 Å². The maximum Gasteiger partial charge on any atom is 0.330 e. The summed E-state index contributed by atoms with van der Waals surface area (Å²) in [7, 11) is -0.771. The summed E-state index contributed by atoms with van der Waals surface area (Å²) in [5.41, 5.74) is 3.48. The lowest BCUT2D eigenvalue weighted by molar-refractivity contribution is -0.147. The Labute approximate surface area is 303 Å². The maximum atomic E-state index is 13.6. The van der Waals surface area contributed by atoms with Crippen LogP contribution in [0.2, 0.25) is 16.6 Å². The Hall–Kier alpha value is -1.85. The second-order valence-electron chi connectivity index (χ2n) is 16.0. The number of esters is 1. The molecule has 1 saturated heterocycles. The lowest BCUT2D eigenvalue weighted by Gasteiger charge is -2.45. The molecule has 9 heteroatoms. The summed E-state index contributed by atoms with van der Waals surface area (Å²) < 4.78 is 44.2. The van der Waals surface area contributed by atoms with Gasteiger partial charge in [0.2, 0.25) is 8.32 Å². The number of rotatable bonds is 11. The molecule has 1 fully saturated rings. The number of hydrogen-bond acceptors (Lipinski definition) is 8. The van der Waals surface area contributed by atoms with Crippen LogP contribution in [0.3, 0.4) is 0 Å². The molecule has 4 aliphatic rings. The summed E-state index contributed by atoms with van der Waals surface area (Å²) >= 11 is 0. The SMILES string of the molecule is C=C1CC(OCOC)[C@@H]2O[C@H]2C[C@@H]([C@H](C=C[C@@H]2CC(C)=CCO2)O[Si](C(C)C)(C(C)C)C(C)C)OC(=O)C=CC[C@@H]2C=CC[C@@H](C[C@@H](C)C1)O2. The first-order valence-electron chi connectivity index (χ1n) is 19.1. The zero-order chi connectivity index (χ0) is 36.4.